The largest absolute Gasteiger partial charge is 0.466 e. The summed E-state index contributed by atoms with van der Waals surface area (Å²) in [7, 11) is 0. The van der Waals surface area contributed by atoms with Gasteiger partial charge in [0.25, 0.3) is 5.69 Å². The highest BCUT2D eigenvalue weighted by molar-refractivity contribution is 5.65. The van der Waals surface area contributed by atoms with E-state index in [4.69, 9.17) is 4.74 Å². The van der Waals surface area contributed by atoms with Gasteiger partial charge in [-0.3, -0.25) is 25.0 Å². The van der Waals surface area contributed by atoms with Crippen LogP contribution in [0.15, 0.2) is 30.0 Å². The minimum absolute atomic E-state index is 0.0927. The lowest BCUT2D eigenvalue weighted by Gasteiger charge is -2.01. The number of hydrogen-bond acceptors (Lipinski definition) is 6. The molecule has 0 saturated carbocycles. The highest BCUT2D eigenvalue weighted by Gasteiger charge is 2.12. The summed E-state index contributed by atoms with van der Waals surface area (Å²) in [5.41, 5.74) is 0.150. The Hall–Kier alpha value is -2.77. The van der Waals surface area contributed by atoms with E-state index in [0.717, 1.165) is 0 Å². The van der Waals surface area contributed by atoms with E-state index in [1.807, 2.05) is 0 Å². The second-order valence-corrected chi connectivity index (χ2v) is 4.19. The Morgan fingerprint density at radius 2 is 2.05 bits per heavy atom. The lowest BCUT2D eigenvalue weighted by atomic mass is 10.1. The summed E-state index contributed by atoms with van der Waals surface area (Å²) in [6, 6.07) is 5.57. The van der Waals surface area contributed by atoms with Crippen LogP contribution in [0.5, 0.6) is 0 Å². The lowest BCUT2D eigenvalue weighted by Crippen LogP contribution is -2.04. The third-order valence-corrected chi connectivity index (χ3v) is 2.53. The molecule has 0 aliphatic carbocycles. The number of benzene rings is 1. The normalized spacial score (nSPS) is 11.0. The van der Waals surface area contributed by atoms with Gasteiger partial charge in [-0.25, -0.2) is 0 Å². The summed E-state index contributed by atoms with van der Waals surface area (Å²) < 4.78 is 4.69. The fraction of sp³-hybridized carbons (Fsp3) is 0.308. The Balaban J connectivity index is 2.80. The molecule has 8 nitrogen and oxygen atoms in total. The Morgan fingerprint density at radius 3 is 2.62 bits per heavy atom. The maximum atomic E-state index is 10.9. The molecule has 8 heteroatoms. The maximum absolute atomic E-state index is 10.9. The second kappa shape index (κ2) is 7.73. The molecular weight excluding hydrogens is 280 g/mol. The van der Waals surface area contributed by atoms with Gasteiger partial charge in [0.2, 0.25) is 5.70 Å². The first-order valence-electron chi connectivity index (χ1n) is 6.13. The van der Waals surface area contributed by atoms with E-state index in [0.29, 0.717) is 12.0 Å². The number of hydrogen-bond donors (Lipinski definition) is 0. The van der Waals surface area contributed by atoms with Crippen LogP contribution in [0.2, 0.25) is 0 Å². The van der Waals surface area contributed by atoms with Crippen molar-refractivity contribution in [2.75, 3.05) is 6.61 Å². The minimum Gasteiger partial charge on any atom is -0.466 e. The smallest absolute Gasteiger partial charge is 0.302 e. The predicted octanol–water partition coefficient (Wildman–Crippen LogP) is 2.56. The molecule has 0 atom stereocenters. The standard InChI is InChI=1S/C13H14N2O6/c1-10(16)21-7-3-6-13(15(19)20)9-11-4-2-5-12(8-11)14(17)18/h2,4-5,8-9H,3,6-7H2,1H3/b13-9-. The van der Waals surface area contributed by atoms with Crippen molar-refractivity contribution in [3.8, 4) is 0 Å². The van der Waals surface area contributed by atoms with E-state index in [2.05, 4.69) is 0 Å². The van der Waals surface area contributed by atoms with Gasteiger partial charge in [-0.1, -0.05) is 12.1 Å². The van der Waals surface area contributed by atoms with E-state index in [1.165, 1.54) is 31.2 Å². The zero-order chi connectivity index (χ0) is 15.8. The highest BCUT2D eigenvalue weighted by Crippen LogP contribution is 2.17. The molecule has 0 saturated heterocycles. The summed E-state index contributed by atoms with van der Waals surface area (Å²) in [5.74, 6) is -0.444. The Labute approximate surface area is 120 Å². The first kappa shape index (κ1) is 16.3. The first-order chi connectivity index (χ1) is 9.90. The molecule has 21 heavy (non-hydrogen) atoms. The summed E-state index contributed by atoms with van der Waals surface area (Å²) in [6.07, 6.45) is 1.69. The van der Waals surface area contributed by atoms with Gasteiger partial charge in [0.1, 0.15) is 0 Å². The molecule has 0 spiro atoms. The molecule has 0 unspecified atom stereocenters. The van der Waals surface area contributed by atoms with Gasteiger partial charge in [0.05, 0.1) is 16.5 Å². The number of nitro groups is 2. The Kier molecular flexibility index (Phi) is 5.99. The summed E-state index contributed by atoms with van der Waals surface area (Å²) in [6.45, 7) is 1.35. The quantitative estimate of drug-likeness (QED) is 0.330. The van der Waals surface area contributed by atoms with Crippen LogP contribution in [0.1, 0.15) is 25.3 Å². The van der Waals surface area contributed by atoms with E-state index in [-0.39, 0.29) is 24.4 Å². The average Bonchev–Trinajstić information content (AvgIpc) is 2.42. The summed E-state index contributed by atoms with van der Waals surface area (Å²) in [4.78, 5) is 31.1. The molecule has 0 aromatic heterocycles. The zero-order valence-corrected chi connectivity index (χ0v) is 11.4. The average molecular weight is 294 g/mol. The SMILES string of the molecule is CC(=O)OCCC/C(=C/c1cccc([N+](=O)[O-])c1)[N+](=O)[O-]. The first-order valence-corrected chi connectivity index (χ1v) is 6.13. The van der Waals surface area contributed by atoms with Gasteiger partial charge < -0.3 is 4.74 Å². The highest BCUT2D eigenvalue weighted by atomic mass is 16.6. The van der Waals surface area contributed by atoms with E-state index in [9.17, 15) is 25.0 Å². The van der Waals surface area contributed by atoms with Crippen LogP contribution >= 0.6 is 0 Å². The molecule has 0 aliphatic heterocycles. The van der Waals surface area contributed by atoms with Crippen LogP contribution in [0.4, 0.5) is 5.69 Å². The van der Waals surface area contributed by atoms with Crippen LogP contribution in [0.3, 0.4) is 0 Å². The van der Waals surface area contributed by atoms with E-state index >= 15 is 0 Å². The molecule has 1 rings (SSSR count). The predicted molar refractivity (Wildman–Crippen MR) is 73.9 cm³/mol. The number of nitrogens with zero attached hydrogens (tertiary/aromatic N) is 2. The second-order valence-electron chi connectivity index (χ2n) is 4.19. The topological polar surface area (TPSA) is 113 Å². The molecule has 1 aromatic carbocycles. The molecule has 112 valence electrons. The maximum Gasteiger partial charge on any atom is 0.302 e. The number of esters is 1. The lowest BCUT2D eigenvalue weighted by molar-refractivity contribution is -0.426. The van der Waals surface area contributed by atoms with Gasteiger partial charge in [-0.05, 0) is 12.0 Å². The van der Waals surface area contributed by atoms with Crippen molar-refractivity contribution in [2.45, 2.75) is 19.8 Å². The molecule has 0 heterocycles. The van der Waals surface area contributed by atoms with Crippen molar-refractivity contribution in [3.05, 3.63) is 55.8 Å². The third kappa shape index (κ3) is 5.81. The van der Waals surface area contributed by atoms with Gasteiger partial charge in [0.15, 0.2) is 0 Å². The van der Waals surface area contributed by atoms with Crippen molar-refractivity contribution >= 4 is 17.7 Å². The Bertz CT molecular complexity index is 582. The fourth-order valence-electron chi connectivity index (χ4n) is 1.61. The molecule has 1 aromatic rings. The number of allylic oxidation sites excluding steroid dienone is 1. The van der Waals surface area contributed by atoms with Gasteiger partial charge in [0, 0.05) is 31.6 Å². The number of rotatable bonds is 7. The fourth-order valence-corrected chi connectivity index (χ4v) is 1.61. The van der Waals surface area contributed by atoms with Crippen LogP contribution in [-0.4, -0.2) is 22.4 Å². The summed E-state index contributed by atoms with van der Waals surface area (Å²) >= 11 is 0. The minimum atomic E-state index is -0.566. The number of ether oxygens (including phenoxy) is 1. The van der Waals surface area contributed by atoms with Crippen molar-refractivity contribution in [1.82, 2.24) is 0 Å². The number of carbonyl (C=O) groups excluding carboxylic acids is 1. The van der Waals surface area contributed by atoms with Crippen molar-refractivity contribution in [2.24, 2.45) is 0 Å². The van der Waals surface area contributed by atoms with Crippen LogP contribution in [0, 0.1) is 20.2 Å². The molecule has 0 N–H and O–H groups in total. The van der Waals surface area contributed by atoms with Crippen LogP contribution < -0.4 is 0 Å². The number of non-ortho nitro benzene ring substituents is 1. The van der Waals surface area contributed by atoms with Gasteiger partial charge in [-0.15, -0.1) is 0 Å². The summed E-state index contributed by atoms with van der Waals surface area (Å²) in [5, 5.41) is 21.6. The van der Waals surface area contributed by atoms with E-state index in [1.54, 1.807) is 6.07 Å². The zero-order valence-electron chi connectivity index (χ0n) is 11.4. The molecule has 0 amide bonds. The molecule has 0 aliphatic rings. The molecule has 0 fully saturated rings. The monoisotopic (exact) mass is 294 g/mol. The molecular formula is C13H14N2O6. The van der Waals surface area contributed by atoms with Gasteiger partial charge in [-0.2, -0.15) is 0 Å². The van der Waals surface area contributed by atoms with E-state index < -0.39 is 15.8 Å². The Morgan fingerprint density at radius 1 is 1.33 bits per heavy atom. The van der Waals surface area contributed by atoms with Crippen molar-refractivity contribution in [3.63, 3.8) is 0 Å². The van der Waals surface area contributed by atoms with Crippen LogP contribution in [-0.2, 0) is 9.53 Å². The van der Waals surface area contributed by atoms with Gasteiger partial charge >= 0.3 is 5.97 Å². The number of carbonyl (C=O) groups is 1. The van der Waals surface area contributed by atoms with Crippen molar-refractivity contribution < 1.29 is 19.4 Å². The van der Waals surface area contributed by atoms with Crippen molar-refractivity contribution in [1.29, 1.82) is 0 Å². The van der Waals surface area contributed by atoms with Crippen LogP contribution in [0.25, 0.3) is 6.08 Å². The molecule has 0 radical (unpaired) electrons. The third-order valence-electron chi connectivity index (χ3n) is 2.53. The number of nitro benzene ring substituents is 1. The molecule has 0 bridgehead atoms.